The maximum Gasteiger partial charge on any atom is 0.303 e. The molecule has 0 bridgehead atoms. The van der Waals surface area contributed by atoms with E-state index in [2.05, 4.69) is 44.3 Å². The van der Waals surface area contributed by atoms with Crippen molar-refractivity contribution in [1.82, 2.24) is 4.98 Å². The summed E-state index contributed by atoms with van der Waals surface area (Å²) in [5.74, 6) is -0.678. The predicted octanol–water partition coefficient (Wildman–Crippen LogP) is 2.91. The van der Waals surface area contributed by atoms with Gasteiger partial charge in [-0.3, -0.25) is 4.79 Å². The lowest BCUT2D eigenvalue weighted by molar-refractivity contribution is -0.137. The van der Waals surface area contributed by atoms with Gasteiger partial charge in [0.15, 0.2) is 0 Å². The Bertz CT molecular complexity index is 231. The van der Waals surface area contributed by atoms with E-state index in [1.165, 1.54) is 0 Å². The Labute approximate surface area is 102 Å². The molecule has 0 aliphatic heterocycles. The fourth-order valence-electron chi connectivity index (χ4n) is 1.70. The lowest BCUT2D eigenvalue weighted by atomic mass is 10.2. The van der Waals surface area contributed by atoms with Gasteiger partial charge in [-0.15, -0.1) is 0 Å². The van der Waals surface area contributed by atoms with Gasteiger partial charge < -0.3 is 10.1 Å². The van der Waals surface area contributed by atoms with Gasteiger partial charge in [-0.1, -0.05) is 39.3 Å². The van der Waals surface area contributed by atoms with E-state index in [-0.39, 0.29) is 0 Å². The average molecular weight is 262 g/mol. The first kappa shape index (κ1) is 15.9. The van der Waals surface area contributed by atoms with Gasteiger partial charge in [0, 0.05) is 6.42 Å². The Balaban J connectivity index is 4.29. The molecule has 96 valence electrons. The van der Waals surface area contributed by atoms with Crippen LogP contribution in [-0.4, -0.2) is 33.1 Å². The first-order valence-corrected chi connectivity index (χ1v) is 13.1. The highest BCUT2D eigenvalue weighted by atomic mass is 28.3. The highest BCUT2D eigenvalue weighted by Crippen LogP contribution is 2.16. The van der Waals surface area contributed by atoms with Gasteiger partial charge in [0.2, 0.25) is 0 Å². The minimum absolute atomic E-state index is 0.300. The molecule has 1 unspecified atom stereocenters. The summed E-state index contributed by atoms with van der Waals surface area (Å²) >= 11 is 0. The minimum atomic E-state index is -1.27. The third-order valence-corrected chi connectivity index (χ3v) is 6.56. The molecule has 16 heavy (non-hydrogen) atoms. The molecule has 0 aromatic heterocycles. The van der Waals surface area contributed by atoms with Gasteiger partial charge in [-0.2, -0.15) is 0 Å². The second kappa shape index (κ2) is 5.98. The van der Waals surface area contributed by atoms with Crippen LogP contribution in [0.5, 0.6) is 0 Å². The summed E-state index contributed by atoms with van der Waals surface area (Å²) in [6.45, 7) is 14.0. The molecule has 1 atom stereocenters. The predicted molar refractivity (Wildman–Crippen MR) is 75.1 cm³/mol. The van der Waals surface area contributed by atoms with Crippen LogP contribution in [0.1, 0.15) is 19.3 Å². The Morgan fingerprint density at radius 3 is 2.00 bits per heavy atom. The molecule has 0 fully saturated rings. The van der Waals surface area contributed by atoms with Gasteiger partial charge in [0.05, 0.1) is 8.07 Å². The molecular formula is C11H27NO2Si2. The molecule has 0 spiro atoms. The number of carboxylic acids is 1. The number of hydrogen-bond donors (Lipinski definition) is 2. The van der Waals surface area contributed by atoms with Crippen LogP contribution < -0.4 is 4.98 Å². The van der Waals surface area contributed by atoms with Crippen molar-refractivity contribution in [3.63, 3.8) is 0 Å². The monoisotopic (exact) mass is 261 g/mol. The molecule has 0 aromatic carbocycles. The van der Waals surface area contributed by atoms with E-state index in [1.807, 2.05) is 0 Å². The summed E-state index contributed by atoms with van der Waals surface area (Å²) in [5.41, 5.74) is 0.554. The third kappa shape index (κ3) is 8.07. The lowest BCUT2D eigenvalue weighted by Crippen LogP contribution is -2.57. The number of carbonyl (C=O) groups is 1. The molecular weight excluding hydrogens is 234 g/mol. The van der Waals surface area contributed by atoms with Gasteiger partial charge in [-0.05, 0) is 18.5 Å². The van der Waals surface area contributed by atoms with Crippen LogP contribution >= 0.6 is 0 Å². The molecule has 0 rings (SSSR count). The molecule has 0 aromatic rings. The van der Waals surface area contributed by atoms with Crippen LogP contribution in [-0.2, 0) is 4.79 Å². The second-order valence-corrected chi connectivity index (χ2v) is 16.8. The zero-order chi connectivity index (χ0) is 13.0. The van der Waals surface area contributed by atoms with E-state index >= 15 is 0 Å². The van der Waals surface area contributed by atoms with Crippen molar-refractivity contribution in [3.8, 4) is 0 Å². The summed E-state index contributed by atoms with van der Waals surface area (Å²) in [6, 6.07) is 0. The van der Waals surface area contributed by atoms with E-state index in [4.69, 9.17) is 5.11 Å². The van der Waals surface area contributed by atoms with E-state index < -0.39 is 22.3 Å². The zero-order valence-electron chi connectivity index (χ0n) is 11.6. The normalized spacial score (nSPS) is 14.9. The fraction of sp³-hybridized carbons (Fsp3) is 0.909. The van der Waals surface area contributed by atoms with Gasteiger partial charge in [0.1, 0.15) is 8.24 Å². The molecule has 2 N–H and O–H groups in total. The second-order valence-electron chi connectivity index (χ2n) is 6.60. The quantitative estimate of drug-likeness (QED) is 0.693. The summed E-state index contributed by atoms with van der Waals surface area (Å²) in [5, 5.41) is 8.66. The molecule has 0 saturated carbocycles. The molecule has 3 nitrogen and oxygen atoms in total. The number of nitrogens with one attached hydrogen (secondary N) is 1. The Kier molecular flexibility index (Phi) is 5.93. The Morgan fingerprint density at radius 2 is 1.69 bits per heavy atom. The first-order valence-electron chi connectivity index (χ1n) is 6.02. The fourth-order valence-corrected chi connectivity index (χ4v) is 6.99. The molecule has 0 heterocycles. The van der Waals surface area contributed by atoms with Crippen molar-refractivity contribution in [1.29, 1.82) is 0 Å². The Morgan fingerprint density at radius 1 is 1.19 bits per heavy atom. The molecule has 5 heteroatoms. The first-order chi connectivity index (χ1) is 7.02. The minimum Gasteiger partial charge on any atom is -0.481 e. The molecule has 0 radical (unpaired) electrons. The van der Waals surface area contributed by atoms with Crippen LogP contribution in [0.3, 0.4) is 0 Å². The smallest absolute Gasteiger partial charge is 0.303 e. The van der Waals surface area contributed by atoms with Crippen LogP contribution in [0, 0.1) is 0 Å². The van der Waals surface area contributed by atoms with Crippen molar-refractivity contribution >= 4 is 22.3 Å². The van der Waals surface area contributed by atoms with Crippen molar-refractivity contribution in [2.45, 2.75) is 64.2 Å². The van der Waals surface area contributed by atoms with Gasteiger partial charge in [-0.25, -0.2) is 0 Å². The maximum absolute atomic E-state index is 10.5. The highest BCUT2D eigenvalue weighted by molar-refractivity contribution is 6.81. The van der Waals surface area contributed by atoms with Crippen LogP contribution in [0.4, 0.5) is 0 Å². The largest absolute Gasteiger partial charge is 0.481 e. The van der Waals surface area contributed by atoms with Crippen LogP contribution in [0.2, 0.25) is 39.3 Å². The van der Waals surface area contributed by atoms with E-state index in [9.17, 15) is 4.79 Å². The van der Waals surface area contributed by atoms with E-state index in [1.54, 1.807) is 0 Å². The number of carboxylic acid groups (broad SMARTS) is 1. The summed E-state index contributed by atoms with van der Waals surface area (Å²) < 4.78 is 0. The summed E-state index contributed by atoms with van der Waals surface area (Å²) in [4.78, 5) is 14.3. The SMILES string of the molecule is C[Si](C)(C)NC(CCCC(=O)O)[Si](C)(C)C. The maximum atomic E-state index is 10.5. The molecule has 0 aliphatic carbocycles. The topological polar surface area (TPSA) is 49.3 Å². The van der Waals surface area contributed by atoms with Crippen LogP contribution in [0.15, 0.2) is 0 Å². The van der Waals surface area contributed by atoms with Crippen molar-refractivity contribution in [2.24, 2.45) is 0 Å². The highest BCUT2D eigenvalue weighted by Gasteiger charge is 2.30. The molecule has 0 aliphatic rings. The van der Waals surface area contributed by atoms with Gasteiger partial charge >= 0.3 is 5.97 Å². The zero-order valence-corrected chi connectivity index (χ0v) is 13.6. The van der Waals surface area contributed by atoms with Crippen molar-refractivity contribution in [2.75, 3.05) is 0 Å². The lowest BCUT2D eigenvalue weighted by Gasteiger charge is -2.35. The van der Waals surface area contributed by atoms with E-state index in [0.717, 1.165) is 12.8 Å². The number of aliphatic carboxylic acids is 1. The van der Waals surface area contributed by atoms with Crippen LogP contribution in [0.25, 0.3) is 0 Å². The number of rotatable bonds is 7. The average Bonchev–Trinajstić information content (AvgIpc) is 1.97. The Hall–Kier alpha value is -0.136. The van der Waals surface area contributed by atoms with E-state index in [0.29, 0.717) is 12.1 Å². The molecule has 0 saturated heterocycles. The van der Waals surface area contributed by atoms with Crippen molar-refractivity contribution < 1.29 is 9.90 Å². The van der Waals surface area contributed by atoms with Gasteiger partial charge in [0.25, 0.3) is 0 Å². The summed E-state index contributed by atoms with van der Waals surface area (Å²) in [7, 11) is -2.51. The molecule has 0 amide bonds. The summed E-state index contributed by atoms with van der Waals surface area (Å²) in [6.07, 6.45) is 2.10. The standard InChI is InChI=1S/C11H27NO2Si2/c1-15(2,3)10(12-16(4,5)6)8-7-9-11(13)14/h10,12H,7-9H2,1-6H3,(H,13,14). The van der Waals surface area contributed by atoms with Crippen molar-refractivity contribution in [3.05, 3.63) is 0 Å². The number of hydrogen-bond acceptors (Lipinski definition) is 2. The third-order valence-electron chi connectivity index (χ3n) is 2.54.